The molecule has 3 heteroatoms. The fourth-order valence-corrected chi connectivity index (χ4v) is 1.83. The average Bonchev–Trinajstić information content (AvgIpc) is 2.19. The van der Waals surface area contributed by atoms with Crippen molar-refractivity contribution in [3.05, 3.63) is 40.4 Å². The molecule has 0 saturated carbocycles. The molecule has 1 aliphatic heterocycles. The molecular formula is C11H12BrNO. The third-order valence-corrected chi connectivity index (χ3v) is 2.81. The largest absolute Gasteiger partial charge is 0.388 e. The Morgan fingerprint density at radius 2 is 2.00 bits per heavy atom. The van der Waals surface area contributed by atoms with E-state index >= 15 is 0 Å². The first-order chi connectivity index (χ1) is 6.75. The maximum Gasteiger partial charge on any atom is 0.0851 e. The van der Waals surface area contributed by atoms with Gasteiger partial charge in [0.2, 0.25) is 0 Å². The molecule has 0 radical (unpaired) electrons. The normalized spacial score (nSPS) is 21.9. The highest BCUT2D eigenvalue weighted by molar-refractivity contribution is 9.10. The van der Waals surface area contributed by atoms with Gasteiger partial charge in [-0.25, -0.2) is 0 Å². The van der Waals surface area contributed by atoms with Crippen molar-refractivity contribution in [1.29, 1.82) is 0 Å². The third kappa shape index (κ3) is 2.23. The molecule has 0 aliphatic carbocycles. The number of hydrogen-bond donors (Lipinski definition) is 2. The van der Waals surface area contributed by atoms with E-state index in [1.165, 1.54) is 5.56 Å². The van der Waals surface area contributed by atoms with E-state index in [1.54, 1.807) is 0 Å². The molecule has 2 N–H and O–H groups in total. The molecule has 0 bridgehead atoms. The van der Waals surface area contributed by atoms with Crippen LogP contribution in [0.4, 0.5) is 0 Å². The Labute approximate surface area is 91.8 Å². The first-order valence-corrected chi connectivity index (χ1v) is 5.40. The first-order valence-electron chi connectivity index (χ1n) is 4.61. The van der Waals surface area contributed by atoms with Gasteiger partial charge in [0, 0.05) is 17.6 Å². The fraction of sp³-hybridized carbons (Fsp3) is 0.273. The Hall–Kier alpha value is -0.640. The van der Waals surface area contributed by atoms with Crippen molar-refractivity contribution in [3.8, 4) is 0 Å². The summed E-state index contributed by atoms with van der Waals surface area (Å²) in [4.78, 5) is 0. The number of aliphatic hydroxyl groups is 1. The lowest BCUT2D eigenvalue weighted by Gasteiger charge is -2.18. The van der Waals surface area contributed by atoms with E-state index in [0.29, 0.717) is 6.54 Å². The molecule has 74 valence electrons. The fourth-order valence-electron chi connectivity index (χ4n) is 1.57. The number of rotatable bonds is 1. The Balaban J connectivity index is 2.26. The lowest BCUT2D eigenvalue weighted by atomic mass is 10.0. The number of hydrogen-bond acceptors (Lipinski definition) is 2. The number of nitrogens with one attached hydrogen (secondary N) is 1. The van der Waals surface area contributed by atoms with Crippen LogP contribution in [0.3, 0.4) is 0 Å². The van der Waals surface area contributed by atoms with E-state index in [1.807, 2.05) is 18.2 Å². The van der Waals surface area contributed by atoms with Gasteiger partial charge in [-0.2, -0.15) is 0 Å². The molecule has 0 fully saturated rings. The molecule has 0 amide bonds. The zero-order valence-electron chi connectivity index (χ0n) is 7.70. The molecule has 2 nitrogen and oxygen atoms in total. The minimum Gasteiger partial charge on any atom is -0.388 e. The molecule has 1 aliphatic rings. The van der Waals surface area contributed by atoms with Crippen LogP contribution < -0.4 is 5.32 Å². The highest BCUT2D eigenvalue weighted by Gasteiger charge is 2.10. The lowest BCUT2D eigenvalue weighted by molar-refractivity contribution is 0.217. The molecule has 0 saturated heterocycles. The number of β-amino-alcohol motifs (C(OH)–C–C–N with tert-alkyl or cyclic N) is 1. The molecule has 0 aromatic heterocycles. The Morgan fingerprint density at radius 3 is 2.64 bits per heavy atom. The second kappa shape index (κ2) is 4.26. The summed E-state index contributed by atoms with van der Waals surface area (Å²) in [5.41, 5.74) is 2.33. The summed E-state index contributed by atoms with van der Waals surface area (Å²) < 4.78 is 1.08. The van der Waals surface area contributed by atoms with Crippen molar-refractivity contribution in [2.24, 2.45) is 0 Å². The zero-order valence-corrected chi connectivity index (χ0v) is 9.29. The van der Waals surface area contributed by atoms with Gasteiger partial charge in [-0.15, -0.1) is 0 Å². The van der Waals surface area contributed by atoms with Gasteiger partial charge in [0.15, 0.2) is 0 Å². The van der Waals surface area contributed by atoms with Crippen LogP contribution in [-0.4, -0.2) is 24.3 Å². The molecular weight excluding hydrogens is 242 g/mol. The summed E-state index contributed by atoms with van der Waals surface area (Å²) in [6, 6.07) is 8.12. The average molecular weight is 254 g/mol. The lowest BCUT2D eigenvalue weighted by Crippen LogP contribution is -2.31. The number of aliphatic hydroxyl groups excluding tert-OH is 1. The minimum atomic E-state index is -0.359. The predicted octanol–water partition coefficient (Wildman–Crippen LogP) is 1.80. The first kappa shape index (κ1) is 9.90. The van der Waals surface area contributed by atoms with Crippen LogP contribution in [0.5, 0.6) is 0 Å². The van der Waals surface area contributed by atoms with Gasteiger partial charge in [0.05, 0.1) is 6.10 Å². The third-order valence-electron chi connectivity index (χ3n) is 2.28. The summed E-state index contributed by atoms with van der Waals surface area (Å²) in [5, 5.41) is 12.6. The van der Waals surface area contributed by atoms with Crippen LogP contribution in [0.2, 0.25) is 0 Å². The topological polar surface area (TPSA) is 32.3 Å². The zero-order chi connectivity index (χ0) is 9.97. The molecule has 1 aromatic rings. The van der Waals surface area contributed by atoms with Gasteiger partial charge in [-0.3, -0.25) is 0 Å². The second-order valence-corrected chi connectivity index (χ2v) is 4.31. The Bertz CT molecular complexity index is 345. The van der Waals surface area contributed by atoms with Crippen molar-refractivity contribution in [3.63, 3.8) is 0 Å². The van der Waals surface area contributed by atoms with Crippen LogP contribution >= 0.6 is 15.9 Å². The summed E-state index contributed by atoms with van der Waals surface area (Å²) in [6.45, 7) is 1.48. The molecule has 2 rings (SSSR count). The molecule has 1 heterocycles. The predicted molar refractivity (Wildman–Crippen MR) is 61.0 cm³/mol. The molecule has 0 spiro atoms. The van der Waals surface area contributed by atoms with Crippen LogP contribution in [0, 0.1) is 0 Å². The van der Waals surface area contributed by atoms with Gasteiger partial charge in [-0.1, -0.05) is 28.1 Å². The SMILES string of the molecule is OC1C=C(c2ccc(Br)cc2)CNC1. The van der Waals surface area contributed by atoms with Crippen molar-refractivity contribution >= 4 is 21.5 Å². The van der Waals surface area contributed by atoms with Gasteiger partial charge < -0.3 is 10.4 Å². The minimum absolute atomic E-state index is 0.359. The standard InChI is InChI=1S/C11H12BrNO/c12-10-3-1-8(2-4-10)9-5-11(14)7-13-6-9/h1-5,11,13-14H,6-7H2. The Morgan fingerprint density at radius 1 is 1.29 bits per heavy atom. The van der Waals surface area contributed by atoms with E-state index in [-0.39, 0.29) is 6.10 Å². The molecule has 1 atom stereocenters. The van der Waals surface area contributed by atoms with E-state index in [4.69, 9.17) is 0 Å². The van der Waals surface area contributed by atoms with Crippen molar-refractivity contribution in [1.82, 2.24) is 5.32 Å². The smallest absolute Gasteiger partial charge is 0.0851 e. The highest BCUT2D eigenvalue weighted by atomic mass is 79.9. The Kier molecular flexibility index (Phi) is 3.01. The second-order valence-electron chi connectivity index (χ2n) is 3.40. The quantitative estimate of drug-likeness (QED) is 0.800. The van der Waals surface area contributed by atoms with E-state index < -0.39 is 0 Å². The van der Waals surface area contributed by atoms with Crippen LogP contribution in [-0.2, 0) is 0 Å². The maximum absolute atomic E-state index is 9.45. The summed E-state index contributed by atoms with van der Waals surface area (Å²) in [5.74, 6) is 0. The van der Waals surface area contributed by atoms with Gasteiger partial charge in [-0.05, 0) is 29.3 Å². The summed E-state index contributed by atoms with van der Waals surface area (Å²) >= 11 is 3.40. The van der Waals surface area contributed by atoms with Crippen LogP contribution in [0.25, 0.3) is 5.57 Å². The van der Waals surface area contributed by atoms with Gasteiger partial charge in [0.25, 0.3) is 0 Å². The van der Waals surface area contributed by atoms with Gasteiger partial charge in [0.1, 0.15) is 0 Å². The molecule has 14 heavy (non-hydrogen) atoms. The number of benzene rings is 1. The van der Waals surface area contributed by atoms with Crippen molar-refractivity contribution in [2.45, 2.75) is 6.10 Å². The van der Waals surface area contributed by atoms with E-state index in [9.17, 15) is 5.11 Å². The van der Waals surface area contributed by atoms with E-state index in [2.05, 4.69) is 33.4 Å². The van der Waals surface area contributed by atoms with Crippen molar-refractivity contribution in [2.75, 3.05) is 13.1 Å². The number of halogens is 1. The van der Waals surface area contributed by atoms with Crippen LogP contribution in [0.1, 0.15) is 5.56 Å². The highest BCUT2D eigenvalue weighted by Crippen LogP contribution is 2.19. The summed E-state index contributed by atoms with van der Waals surface area (Å²) in [7, 11) is 0. The van der Waals surface area contributed by atoms with Crippen molar-refractivity contribution < 1.29 is 5.11 Å². The van der Waals surface area contributed by atoms with Gasteiger partial charge >= 0.3 is 0 Å². The molecule has 1 aromatic carbocycles. The monoisotopic (exact) mass is 253 g/mol. The molecule has 1 unspecified atom stereocenters. The van der Waals surface area contributed by atoms with Crippen LogP contribution in [0.15, 0.2) is 34.8 Å². The summed E-state index contributed by atoms with van der Waals surface area (Å²) in [6.07, 6.45) is 1.56. The van der Waals surface area contributed by atoms with E-state index in [0.717, 1.165) is 16.6 Å². The maximum atomic E-state index is 9.45.